The average Bonchev–Trinajstić information content (AvgIpc) is 2.58. The first kappa shape index (κ1) is 22.1. The number of thioether (sulfide) groups is 2. The number of nitrogens with zero attached hydrogens (tertiary/aromatic N) is 2. The van der Waals surface area contributed by atoms with Crippen LogP contribution >= 0.6 is 62.7 Å². The second-order valence-electron chi connectivity index (χ2n) is 4.53. The van der Waals surface area contributed by atoms with Crippen LogP contribution in [0.1, 0.15) is 17.3 Å². The van der Waals surface area contributed by atoms with E-state index in [-0.39, 0.29) is 10.3 Å². The molecule has 0 saturated carbocycles. The number of ketones is 1. The summed E-state index contributed by atoms with van der Waals surface area (Å²) in [6, 6.07) is 7.10. The Kier molecular flexibility index (Phi) is 10.9. The third-order valence-corrected chi connectivity index (χ3v) is 5.50. The van der Waals surface area contributed by atoms with Crippen molar-refractivity contribution >= 4 is 72.8 Å². The molecule has 3 nitrogen and oxygen atoms in total. The lowest BCUT2D eigenvalue weighted by Crippen LogP contribution is -1.93. The monoisotopic (exact) mass is 474 g/mol. The maximum atomic E-state index is 12.0. The van der Waals surface area contributed by atoms with Crippen LogP contribution in [-0.4, -0.2) is 15.9 Å². The first-order valence-electron chi connectivity index (χ1n) is 6.83. The predicted octanol–water partition coefficient (Wildman–Crippen LogP) is 6.71. The van der Waals surface area contributed by atoms with Crippen LogP contribution in [0.5, 0.6) is 0 Å². The number of halogens is 3. The molecule has 8 heteroatoms. The molecule has 0 atom stereocenters. The van der Waals surface area contributed by atoms with Gasteiger partial charge in [-0.2, -0.15) is 10.3 Å². The summed E-state index contributed by atoms with van der Waals surface area (Å²) in [7, 11) is 0. The number of allylic oxidation sites excluding steroid dienone is 3. The third kappa shape index (κ3) is 9.93. The van der Waals surface area contributed by atoms with E-state index in [0.29, 0.717) is 15.7 Å². The Morgan fingerprint density at radius 2 is 2.00 bits per heavy atom. The van der Waals surface area contributed by atoms with Gasteiger partial charge in [-0.05, 0) is 48.7 Å². The van der Waals surface area contributed by atoms with E-state index in [4.69, 9.17) is 28.5 Å². The van der Waals surface area contributed by atoms with Crippen LogP contribution in [0.25, 0.3) is 0 Å². The van der Waals surface area contributed by atoms with Gasteiger partial charge in [0.25, 0.3) is 0 Å². The van der Waals surface area contributed by atoms with Gasteiger partial charge in [-0.15, -0.1) is 0 Å². The fourth-order valence-electron chi connectivity index (χ4n) is 1.43. The number of carbonyl (C=O) groups excluding carboxylic acids is 1. The van der Waals surface area contributed by atoms with Crippen molar-refractivity contribution in [3.63, 3.8) is 0 Å². The molecule has 0 aliphatic carbocycles. The summed E-state index contributed by atoms with van der Waals surface area (Å²) >= 11 is 17.0. The summed E-state index contributed by atoms with van der Waals surface area (Å²) in [4.78, 5) is 15.8. The zero-order valence-corrected chi connectivity index (χ0v) is 17.8. The van der Waals surface area contributed by atoms with Crippen LogP contribution in [0, 0.1) is 11.5 Å². The number of aliphatic imine (C=N–C) groups is 1. The Morgan fingerprint density at radius 3 is 2.60 bits per heavy atom. The lowest BCUT2D eigenvalue weighted by Gasteiger charge is -2.01. The average molecular weight is 476 g/mol. The molecule has 1 aromatic carbocycles. The Labute approximate surface area is 174 Å². The van der Waals surface area contributed by atoms with E-state index in [0.717, 1.165) is 10.0 Å². The molecule has 1 rings (SSSR count). The van der Waals surface area contributed by atoms with Crippen molar-refractivity contribution in [3.05, 3.63) is 68.0 Å². The van der Waals surface area contributed by atoms with Crippen LogP contribution < -0.4 is 0 Å². The summed E-state index contributed by atoms with van der Waals surface area (Å²) in [6.45, 7) is 1.92. The molecule has 0 radical (unpaired) electrons. The van der Waals surface area contributed by atoms with Gasteiger partial charge >= 0.3 is 0 Å². The highest BCUT2D eigenvalue weighted by Gasteiger charge is 2.03. The van der Waals surface area contributed by atoms with Gasteiger partial charge in [-0.25, -0.2) is 0 Å². The molecule has 0 aliphatic heterocycles. The molecule has 0 amide bonds. The highest BCUT2D eigenvalue weighted by atomic mass is 79.9. The van der Waals surface area contributed by atoms with E-state index in [1.54, 1.807) is 35.9 Å². The Bertz CT molecular complexity index is 762. The van der Waals surface area contributed by atoms with Crippen LogP contribution in [0.4, 0.5) is 0 Å². The van der Waals surface area contributed by atoms with Crippen molar-refractivity contribution in [1.29, 1.82) is 5.26 Å². The van der Waals surface area contributed by atoms with Gasteiger partial charge in [0.2, 0.25) is 6.19 Å². The maximum absolute atomic E-state index is 12.0. The van der Waals surface area contributed by atoms with E-state index in [2.05, 4.69) is 20.9 Å². The van der Waals surface area contributed by atoms with Crippen molar-refractivity contribution in [1.82, 2.24) is 0 Å². The van der Waals surface area contributed by atoms with E-state index < -0.39 is 0 Å². The molecule has 0 aliphatic rings. The predicted molar refractivity (Wildman–Crippen MR) is 114 cm³/mol. The fraction of sp³-hybridized carbons (Fsp3) is 0.118. The molecule has 0 spiro atoms. The normalized spacial score (nSPS) is 12.1. The zero-order chi connectivity index (χ0) is 18.7. The number of hydrogen-bond acceptors (Lipinski definition) is 5. The van der Waals surface area contributed by atoms with Gasteiger partial charge in [0.1, 0.15) is 8.87 Å². The smallest absolute Gasteiger partial charge is 0.207 e. The highest BCUT2D eigenvalue weighted by molar-refractivity contribution is 9.10. The Balaban J connectivity index is 2.61. The Morgan fingerprint density at radius 1 is 1.32 bits per heavy atom. The highest BCUT2D eigenvalue weighted by Crippen LogP contribution is 2.21. The van der Waals surface area contributed by atoms with Gasteiger partial charge in [-0.1, -0.05) is 74.3 Å². The topological polar surface area (TPSA) is 53.2 Å². The molecular weight excluding hydrogens is 463 g/mol. The lowest BCUT2D eigenvalue weighted by molar-refractivity contribution is 0.104. The summed E-state index contributed by atoms with van der Waals surface area (Å²) in [6.07, 6.45) is 6.61. The second kappa shape index (κ2) is 12.4. The molecule has 25 heavy (non-hydrogen) atoms. The third-order valence-electron chi connectivity index (χ3n) is 2.58. The molecule has 0 bridgehead atoms. The molecular formula is C17H13BrCl2N2OS2. The van der Waals surface area contributed by atoms with E-state index >= 15 is 0 Å². The summed E-state index contributed by atoms with van der Waals surface area (Å²) < 4.78 is 1.64. The summed E-state index contributed by atoms with van der Waals surface area (Å²) in [5, 5.41) is 10.4. The largest absolute Gasteiger partial charge is 0.289 e. The summed E-state index contributed by atoms with van der Waals surface area (Å²) in [5.41, 5.74) is 1.61. The number of rotatable bonds is 6. The van der Waals surface area contributed by atoms with Gasteiger partial charge in [-0.3, -0.25) is 4.79 Å². The summed E-state index contributed by atoms with van der Waals surface area (Å²) in [5.74, 6) is 0.513. The number of carbonyl (C=O) groups is 1. The van der Waals surface area contributed by atoms with E-state index in [9.17, 15) is 4.79 Å². The SMILES string of the molecule is C/C(=C/C=C(Cl)Cl)CSC(=NC#N)S/C=C/C(=O)c1ccc(Br)cc1. The Hall–Kier alpha value is -0.970. The molecule has 0 aromatic heterocycles. The van der Waals surface area contributed by atoms with E-state index in [1.165, 1.54) is 29.6 Å². The van der Waals surface area contributed by atoms with Crippen molar-refractivity contribution in [2.75, 3.05) is 5.75 Å². The van der Waals surface area contributed by atoms with Crippen LogP contribution in [-0.2, 0) is 0 Å². The standard InChI is InChI=1S/C17H13BrCl2N2OS2/c1-12(2-7-16(19)20)10-25-17(22-11-21)24-9-8-15(23)13-3-5-14(18)6-4-13/h2-9H,10H2,1H3/b9-8+,12-2-,22-17?. The lowest BCUT2D eigenvalue weighted by atomic mass is 10.1. The van der Waals surface area contributed by atoms with Gasteiger partial charge in [0.05, 0.1) is 0 Å². The zero-order valence-electron chi connectivity index (χ0n) is 13.1. The number of hydrogen-bond donors (Lipinski definition) is 0. The molecule has 0 N–H and O–H groups in total. The quantitative estimate of drug-likeness (QED) is 0.114. The second-order valence-corrected chi connectivity index (χ2v) is 8.57. The minimum atomic E-state index is -0.112. The van der Waals surface area contributed by atoms with Crippen LogP contribution in [0.3, 0.4) is 0 Å². The van der Waals surface area contributed by atoms with Gasteiger partial charge in [0, 0.05) is 15.8 Å². The molecule has 130 valence electrons. The molecule has 1 aromatic rings. The molecule has 0 saturated heterocycles. The first-order chi connectivity index (χ1) is 11.9. The van der Waals surface area contributed by atoms with Crippen molar-refractivity contribution in [2.24, 2.45) is 4.99 Å². The maximum Gasteiger partial charge on any atom is 0.207 e. The molecule has 0 unspecified atom stereocenters. The number of nitriles is 1. The molecule has 0 fully saturated rings. The van der Waals surface area contributed by atoms with Crippen LogP contribution in [0.15, 0.2) is 67.4 Å². The fourth-order valence-corrected chi connectivity index (χ4v) is 3.39. The molecule has 0 heterocycles. The van der Waals surface area contributed by atoms with E-state index in [1.807, 2.05) is 19.1 Å². The first-order valence-corrected chi connectivity index (χ1v) is 10.2. The van der Waals surface area contributed by atoms with Gasteiger partial charge in [0.15, 0.2) is 5.78 Å². The van der Waals surface area contributed by atoms with Crippen molar-refractivity contribution < 1.29 is 4.79 Å². The number of benzene rings is 1. The van der Waals surface area contributed by atoms with Crippen molar-refractivity contribution in [3.8, 4) is 6.19 Å². The van der Waals surface area contributed by atoms with Crippen molar-refractivity contribution in [2.45, 2.75) is 6.92 Å². The van der Waals surface area contributed by atoms with Crippen LogP contribution in [0.2, 0.25) is 0 Å². The minimum Gasteiger partial charge on any atom is -0.289 e. The van der Waals surface area contributed by atoms with Gasteiger partial charge < -0.3 is 0 Å². The minimum absolute atomic E-state index is 0.112.